The van der Waals surface area contributed by atoms with E-state index in [-0.39, 0.29) is 0 Å². The summed E-state index contributed by atoms with van der Waals surface area (Å²) in [7, 11) is 0. The lowest BCUT2D eigenvalue weighted by molar-refractivity contribution is 1.32. The lowest BCUT2D eigenvalue weighted by Crippen LogP contribution is -1.83. The third-order valence-electron chi connectivity index (χ3n) is 3.28. The van der Waals surface area contributed by atoms with Crippen molar-refractivity contribution in [3.8, 4) is 0 Å². The number of hydrogen-bond donors (Lipinski definition) is 0. The van der Waals surface area contributed by atoms with Gasteiger partial charge in [-0.15, -0.1) is 11.8 Å². The molecule has 20 heavy (non-hydrogen) atoms. The van der Waals surface area contributed by atoms with Crippen LogP contribution in [-0.2, 0) is 0 Å². The van der Waals surface area contributed by atoms with E-state index in [9.17, 15) is 0 Å². The molecule has 0 fully saturated rings. The van der Waals surface area contributed by atoms with Crippen LogP contribution >= 0.6 is 11.8 Å². The van der Waals surface area contributed by atoms with Crippen LogP contribution in [0.5, 0.6) is 0 Å². The van der Waals surface area contributed by atoms with Gasteiger partial charge in [0.25, 0.3) is 0 Å². The maximum absolute atomic E-state index is 4.04. The van der Waals surface area contributed by atoms with Crippen molar-refractivity contribution in [1.29, 1.82) is 0 Å². The van der Waals surface area contributed by atoms with Gasteiger partial charge in [0.2, 0.25) is 0 Å². The SMILES string of the molecule is CSc1c(/C=C/c2ccncc2)ccc2ccccc12. The van der Waals surface area contributed by atoms with Gasteiger partial charge in [0.05, 0.1) is 0 Å². The van der Waals surface area contributed by atoms with Crippen molar-refractivity contribution in [2.45, 2.75) is 4.90 Å². The molecular weight excluding hydrogens is 262 g/mol. The number of aromatic nitrogens is 1. The Labute approximate surface area is 123 Å². The number of pyridine rings is 1. The smallest absolute Gasteiger partial charge is 0.0273 e. The minimum absolute atomic E-state index is 1.17. The van der Waals surface area contributed by atoms with Gasteiger partial charge in [0.15, 0.2) is 0 Å². The van der Waals surface area contributed by atoms with Gasteiger partial charge in [-0.25, -0.2) is 0 Å². The van der Waals surface area contributed by atoms with Crippen LogP contribution in [0.15, 0.2) is 65.8 Å². The maximum atomic E-state index is 4.04. The monoisotopic (exact) mass is 277 g/mol. The summed E-state index contributed by atoms with van der Waals surface area (Å²) in [6.07, 6.45) is 10.1. The summed E-state index contributed by atoms with van der Waals surface area (Å²) in [6.45, 7) is 0. The Morgan fingerprint density at radius 3 is 2.50 bits per heavy atom. The zero-order valence-electron chi connectivity index (χ0n) is 11.3. The fourth-order valence-corrected chi connectivity index (χ4v) is 3.06. The molecule has 0 bridgehead atoms. The Balaban J connectivity index is 2.05. The predicted octanol–water partition coefficient (Wildman–Crippen LogP) is 5.13. The van der Waals surface area contributed by atoms with Crippen molar-refractivity contribution < 1.29 is 0 Å². The Bertz CT molecular complexity index is 748. The van der Waals surface area contributed by atoms with E-state index in [0.29, 0.717) is 0 Å². The molecule has 1 nitrogen and oxygen atoms in total. The highest BCUT2D eigenvalue weighted by molar-refractivity contribution is 7.98. The van der Waals surface area contributed by atoms with Gasteiger partial charge in [-0.05, 0) is 40.3 Å². The van der Waals surface area contributed by atoms with E-state index in [1.54, 1.807) is 11.8 Å². The molecule has 98 valence electrons. The van der Waals surface area contributed by atoms with Crippen LogP contribution in [0.3, 0.4) is 0 Å². The minimum atomic E-state index is 1.17. The third-order valence-corrected chi connectivity index (χ3v) is 4.14. The van der Waals surface area contributed by atoms with Gasteiger partial charge >= 0.3 is 0 Å². The summed E-state index contributed by atoms with van der Waals surface area (Å²) in [5.41, 5.74) is 2.42. The standard InChI is InChI=1S/C18H15NS/c1-20-18-16(7-6-14-10-12-19-13-11-14)9-8-15-4-2-3-5-17(15)18/h2-13H,1H3/b7-6+. The first kappa shape index (κ1) is 12.9. The number of fused-ring (bicyclic) bond motifs is 1. The molecule has 0 N–H and O–H groups in total. The molecule has 3 rings (SSSR count). The molecule has 0 aliphatic rings. The topological polar surface area (TPSA) is 12.9 Å². The fourth-order valence-electron chi connectivity index (χ4n) is 2.28. The van der Waals surface area contributed by atoms with Crippen molar-refractivity contribution >= 4 is 34.7 Å². The highest BCUT2D eigenvalue weighted by Gasteiger charge is 2.03. The summed E-state index contributed by atoms with van der Waals surface area (Å²) in [4.78, 5) is 5.36. The summed E-state index contributed by atoms with van der Waals surface area (Å²) >= 11 is 1.80. The number of hydrogen-bond acceptors (Lipinski definition) is 2. The van der Waals surface area contributed by atoms with Crippen molar-refractivity contribution in [2.75, 3.05) is 6.26 Å². The van der Waals surface area contributed by atoms with Crippen LogP contribution in [0, 0.1) is 0 Å². The first-order valence-corrected chi connectivity index (χ1v) is 7.75. The number of thioether (sulfide) groups is 1. The second kappa shape index (κ2) is 5.93. The lowest BCUT2D eigenvalue weighted by Gasteiger charge is -2.08. The first-order valence-electron chi connectivity index (χ1n) is 6.52. The minimum Gasteiger partial charge on any atom is -0.265 e. The Morgan fingerprint density at radius 1 is 0.900 bits per heavy atom. The molecule has 0 unspecified atom stereocenters. The molecule has 0 atom stereocenters. The average Bonchev–Trinajstić information content (AvgIpc) is 2.53. The molecule has 0 radical (unpaired) electrons. The summed E-state index contributed by atoms with van der Waals surface area (Å²) in [5, 5.41) is 2.61. The van der Waals surface area contributed by atoms with E-state index in [1.807, 2.05) is 24.5 Å². The van der Waals surface area contributed by atoms with E-state index >= 15 is 0 Å². The van der Waals surface area contributed by atoms with Crippen LogP contribution in [0.4, 0.5) is 0 Å². The molecule has 1 heterocycles. The fraction of sp³-hybridized carbons (Fsp3) is 0.0556. The largest absolute Gasteiger partial charge is 0.265 e. The number of nitrogens with zero attached hydrogens (tertiary/aromatic N) is 1. The van der Waals surface area contributed by atoms with E-state index in [4.69, 9.17) is 0 Å². The third kappa shape index (κ3) is 2.61. The van der Waals surface area contributed by atoms with Gasteiger partial charge in [-0.1, -0.05) is 48.6 Å². The molecule has 0 aliphatic heterocycles. The van der Waals surface area contributed by atoms with Gasteiger partial charge in [0.1, 0.15) is 0 Å². The number of rotatable bonds is 3. The molecule has 2 heteroatoms. The highest BCUT2D eigenvalue weighted by atomic mass is 32.2. The van der Waals surface area contributed by atoms with Crippen molar-refractivity contribution in [3.63, 3.8) is 0 Å². The molecule has 3 aromatic rings. The highest BCUT2D eigenvalue weighted by Crippen LogP contribution is 2.31. The molecule has 0 saturated carbocycles. The Morgan fingerprint density at radius 2 is 1.70 bits per heavy atom. The van der Waals surface area contributed by atoms with Crippen LogP contribution in [0.25, 0.3) is 22.9 Å². The van der Waals surface area contributed by atoms with Gasteiger partial charge in [0, 0.05) is 17.3 Å². The summed E-state index contributed by atoms with van der Waals surface area (Å²) in [5.74, 6) is 0. The normalized spacial score (nSPS) is 11.2. The van der Waals surface area contributed by atoms with E-state index in [2.05, 4.69) is 59.8 Å². The molecule has 0 aliphatic carbocycles. The second-order valence-corrected chi connectivity index (χ2v) is 5.34. The van der Waals surface area contributed by atoms with E-state index in [1.165, 1.54) is 26.8 Å². The summed E-state index contributed by atoms with van der Waals surface area (Å²) < 4.78 is 0. The second-order valence-electron chi connectivity index (χ2n) is 4.52. The Hall–Kier alpha value is -2.06. The quantitative estimate of drug-likeness (QED) is 0.616. The maximum Gasteiger partial charge on any atom is 0.0273 e. The van der Waals surface area contributed by atoms with Crippen LogP contribution in [0.1, 0.15) is 11.1 Å². The summed E-state index contributed by atoms with van der Waals surface area (Å²) in [6, 6.07) is 16.9. The van der Waals surface area contributed by atoms with Crippen molar-refractivity contribution in [2.24, 2.45) is 0 Å². The van der Waals surface area contributed by atoms with Crippen molar-refractivity contribution in [1.82, 2.24) is 4.98 Å². The Kier molecular flexibility index (Phi) is 3.84. The average molecular weight is 277 g/mol. The van der Waals surface area contributed by atoms with Crippen LogP contribution < -0.4 is 0 Å². The van der Waals surface area contributed by atoms with Gasteiger partial charge in [-0.2, -0.15) is 0 Å². The van der Waals surface area contributed by atoms with Crippen LogP contribution in [-0.4, -0.2) is 11.2 Å². The molecule has 0 saturated heterocycles. The number of benzene rings is 2. The zero-order valence-corrected chi connectivity index (χ0v) is 12.1. The van der Waals surface area contributed by atoms with Crippen LogP contribution in [0.2, 0.25) is 0 Å². The zero-order chi connectivity index (χ0) is 13.8. The molecule has 2 aromatic carbocycles. The van der Waals surface area contributed by atoms with Gasteiger partial charge in [-0.3, -0.25) is 4.98 Å². The van der Waals surface area contributed by atoms with E-state index in [0.717, 1.165) is 0 Å². The van der Waals surface area contributed by atoms with E-state index < -0.39 is 0 Å². The van der Waals surface area contributed by atoms with Gasteiger partial charge < -0.3 is 0 Å². The predicted molar refractivity (Wildman–Crippen MR) is 88.9 cm³/mol. The first-order chi connectivity index (χ1) is 9.88. The lowest BCUT2D eigenvalue weighted by atomic mass is 10.1. The molecular formula is C18H15NS. The molecule has 0 spiro atoms. The molecule has 1 aromatic heterocycles. The van der Waals surface area contributed by atoms with Crippen molar-refractivity contribution in [3.05, 3.63) is 72.1 Å². The molecule has 0 amide bonds.